The molecule has 0 spiro atoms. The highest BCUT2D eigenvalue weighted by Gasteiger charge is 2.19. The number of para-hydroxylation sites is 1. The number of oxazole rings is 1. The van der Waals surface area contributed by atoms with E-state index in [-0.39, 0.29) is 17.5 Å². The number of carbonyl (C=O) groups is 2. The van der Waals surface area contributed by atoms with Gasteiger partial charge in [-0.15, -0.1) is 0 Å². The number of aromatic nitrogens is 2. The molecule has 1 amide bonds. The Kier molecular flexibility index (Phi) is 5.89. The van der Waals surface area contributed by atoms with E-state index in [0.717, 1.165) is 22.0 Å². The third-order valence-corrected chi connectivity index (χ3v) is 5.94. The summed E-state index contributed by atoms with van der Waals surface area (Å²) in [6.45, 7) is 2.23. The fraction of sp³-hybridized carbons (Fsp3) is 0.107. The van der Waals surface area contributed by atoms with Crippen LogP contribution in [-0.2, 0) is 6.54 Å². The number of hydrogen-bond donors (Lipinski definition) is 2. The smallest absolute Gasteiger partial charge is 0.335 e. The maximum absolute atomic E-state index is 13.3. The molecule has 0 unspecified atom stereocenters. The van der Waals surface area contributed by atoms with Crippen molar-refractivity contribution in [2.45, 2.75) is 19.5 Å². The van der Waals surface area contributed by atoms with Crippen LogP contribution in [0.4, 0.5) is 0 Å². The van der Waals surface area contributed by atoms with Crippen molar-refractivity contribution in [1.29, 1.82) is 0 Å². The zero-order chi connectivity index (χ0) is 24.4. The van der Waals surface area contributed by atoms with Crippen molar-refractivity contribution in [1.82, 2.24) is 14.9 Å². The summed E-state index contributed by atoms with van der Waals surface area (Å²) in [4.78, 5) is 29.1. The van der Waals surface area contributed by atoms with Crippen LogP contribution in [0.2, 0.25) is 0 Å². The zero-order valence-corrected chi connectivity index (χ0v) is 19.0. The monoisotopic (exact) mass is 465 g/mol. The van der Waals surface area contributed by atoms with E-state index in [2.05, 4.69) is 10.3 Å². The Hall–Kier alpha value is -4.65. The summed E-state index contributed by atoms with van der Waals surface area (Å²) >= 11 is 0. The van der Waals surface area contributed by atoms with Crippen LogP contribution in [0.3, 0.4) is 0 Å². The molecule has 0 fully saturated rings. The molecular formula is C28H23N3O4. The van der Waals surface area contributed by atoms with Crippen molar-refractivity contribution in [3.63, 3.8) is 0 Å². The van der Waals surface area contributed by atoms with E-state index in [1.54, 1.807) is 18.4 Å². The molecule has 0 bridgehead atoms. The third-order valence-electron chi connectivity index (χ3n) is 5.94. The van der Waals surface area contributed by atoms with Gasteiger partial charge in [-0.1, -0.05) is 48.5 Å². The molecule has 5 aromatic rings. The lowest BCUT2D eigenvalue weighted by atomic mass is 10.1. The SMILES string of the molecule is C[C@H](NC(=O)c1cc2ccccc2n1Cc1coc(-c2ccccc2)n1)c1ccc(C(=O)O)cc1. The molecule has 0 saturated carbocycles. The Balaban J connectivity index is 1.42. The molecule has 2 aromatic heterocycles. The number of aromatic carboxylic acids is 1. The van der Waals surface area contributed by atoms with Crippen molar-refractivity contribution in [2.24, 2.45) is 0 Å². The van der Waals surface area contributed by atoms with E-state index in [9.17, 15) is 9.59 Å². The van der Waals surface area contributed by atoms with Gasteiger partial charge in [-0.2, -0.15) is 0 Å². The Morgan fingerprint density at radius 2 is 1.71 bits per heavy atom. The van der Waals surface area contributed by atoms with Crippen LogP contribution in [-0.4, -0.2) is 26.5 Å². The van der Waals surface area contributed by atoms with Crippen LogP contribution in [0.1, 0.15) is 45.1 Å². The number of carbonyl (C=O) groups excluding carboxylic acids is 1. The lowest BCUT2D eigenvalue weighted by Gasteiger charge is -2.16. The molecule has 0 aliphatic carbocycles. The largest absolute Gasteiger partial charge is 0.478 e. The number of amides is 1. The highest BCUT2D eigenvalue weighted by Crippen LogP contribution is 2.24. The van der Waals surface area contributed by atoms with Gasteiger partial charge in [0.25, 0.3) is 5.91 Å². The topological polar surface area (TPSA) is 97.4 Å². The number of hydrogen-bond acceptors (Lipinski definition) is 4. The molecule has 7 nitrogen and oxygen atoms in total. The summed E-state index contributed by atoms with van der Waals surface area (Å²) in [5.74, 6) is -0.690. The molecule has 3 aromatic carbocycles. The molecule has 0 aliphatic heterocycles. The minimum Gasteiger partial charge on any atom is -0.478 e. The van der Waals surface area contributed by atoms with Gasteiger partial charge in [0.1, 0.15) is 12.0 Å². The van der Waals surface area contributed by atoms with Gasteiger partial charge in [-0.3, -0.25) is 4.79 Å². The first kappa shape index (κ1) is 22.2. The molecule has 7 heteroatoms. The van der Waals surface area contributed by atoms with Crippen molar-refractivity contribution in [3.05, 3.63) is 114 Å². The van der Waals surface area contributed by atoms with E-state index in [0.29, 0.717) is 23.8 Å². The maximum Gasteiger partial charge on any atom is 0.335 e. The average Bonchev–Trinajstić information content (AvgIpc) is 3.50. The summed E-state index contributed by atoms with van der Waals surface area (Å²) in [6.07, 6.45) is 1.62. The molecule has 0 aliphatic rings. The molecule has 35 heavy (non-hydrogen) atoms. The molecule has 174 valence electrons. The van der Waals surface area contributed by atoms with Crippen LogP contribution in [0.5, 0.6) is 0 Å². The summed E-state index contributed by atoms with van der Waals surface area (Å²) in [7, 11) is 0. The first-order valence-corrected chi connectivity index (χ1v) is 11.2. The second-order valence-electron chi connectivity index (χ2n) is 8.31. The van der Waals surface area contributed by atoms with Gasteiger partial charge in [-0.05, 0) is 48.9 Å². The van der Waals surface area contributed by atoms with Crippen molar-refractivity contribution in [3.8, 4) is 11.5 Å². The third kappa shape index (κ3) is 4.56. The molecule has 2 heterocycles. The number of carboxylic acid groups (broad SMARTS) is 1. The van der Waals surface area contributed by atoms with Gasteiger partial charge in [-0.25, -0.2) is 9.78 Å². The zero-order valence-electron chi connectivity index (χ0n) is 19.0. The molecule has 0 saturated heterocycles. The molecule has 5 rings (SSSR count). The average molecular weight is 466 g/mol. The second-order valence-corrected chi connectivity index (χ2v) is 8.31. The quantitative estimate of drug-likeness (QED) is 0.329. The van der Waals surface area contributed by atoms with Crippen molar-refractivity contribution in [2.75, 3.05) is 0 Å². The van der Waals surface area contributed by atoms with Crippen LogP contribution < -0.4 is 5.32 Å². The number of rotatable bonds is 7. The van der Waals surface area contributed by atoms with E-state index in [4.69, 9.17) is 9.52 Å². The highest BCUT2D eigenvalue weighted by atomic mass is 16.4. The minimum absolute atomic E-state index is 0.204. The van der Waals surface area contributed by atoms with Gasteiger partial charge in [0.2, 0.25) is 5.89 Å². The molecule has 0 radical (unpaired) electrons. The van der Waals surface area contributed by atoms with Crippen molar-refractivity contribution >= 4 is 22.8 Å². The van der Waals surface area contributed by atoms with Crippen LogP contribution in [0.25, 0.3) is 22.4 Å². The van der Waals surface area contributed by atoms with Gasteiger partial charge in [0.05, 0.1) is 23.8 Å². The van der Waals surface area contributed by atoms with Crippen molar-refractivity contribution < 1.29 is 19.1 Å². The fourth-order valence-electron chi connectivity index (χ4n) is 4.09. The minimum atomic E-state index is -0.985. The molecular weight excluding hydrogens is 442 g/mol. The van der Waals surface area contributed by atoms with Gasteiger partial charge < -0.3 is 19.4 Å². The Morgan fingerprint density at radius 3 is 2.46 bits per heavy atom. The highest BCUT2D eigenvalue weighted by molar-refractivity contribution is 5.99. The number of nitrogens with one attached hydrogen (secondary N) is 1. The summed E-state index contributed by atoms with van der Waals surface area (Å²) in [5.41, 5.74) is 4.03. The van der Waals surface area contributed by atoms with E-state index >= 15 is 0 Å². The number of fused-ring (bicyclic) bond motifs is 1. The maximum atomic E-state index is 13.3. The number of nitrogens with zero attached hydrogens (tertiary/aromatic N) is 2. The van der Waals surface area contributed by atoms with Crippen LogP contribution >= 0.6 is 0 Å². The Bertz CT molecular complexity index is 1500. The predicted molar refractivity (Wildman–Crippen MR) is 132 cm³/mol. The standard InChI is InChI=1S/C28H23N3O4/c1-18(19-11-13-21(14-12-19)28(33)34)29-26(32)25-15-22-9-5-6-10-24(22)31(25)16-23-17-35-27(30-23)20-7-3-2-4-8-20/h2-15,17-18H,16H2,1H3,(H,29,32)(H,33,34)/t18-/m0/s1. The Labute approximate surface area is 201 Å². The summed E-state index contributed by atoms with van der Waals surface area (Å²) < 4.78 is 7.62. The first-order chi connectivity index (χ1) is 17.0. The Morgan fingerprint density at radius 1 is 1.00 bits per heavy atom. The summed E-state index contributed by atoms with van der Waals surface area (Å²) in [6, 6.07) is 25.5. The summed E-state index contributed by atoms with van der Waals surface area (Å²) in [5, 5.41) is 13.1. The fourth-order valence-corrected chi connectivity index (χ4v) is 4.09. The predicted octanol–water partition coefficient (Wildman–Crippen LogP) is 5.53. The first-order valence-electron chi connectivity index (χ1n) is 11.2. The van der Waals surface area contributed by atoms with Crippen LogP contribution in [0.15, 0.2) is 95.6 Å². The van der Waals surface area contributed by atoms with Gasteiger partial charge in [0, 0.05) is 16.5 Å². The lowest BCUT2D eigenvalue weighted by Crippen LogP contribution is -2.28. The van der Waals surface area contributed by atoms with E-state index in [1.807, 2.05) is 72.2 Å². The molecule has 2 N–H and O–H groups in total. The second kappa shape index (κ2) is 9.30. The van der Waals surface area contributed by atoms with Crippen LogP contribution in [0, 0.1) is 0 Å². The van der Waals surface area contributed by atoms with E-state index in [1.165, 1.54) is 12.1 Å². The number of benzene rings is 3. The molecule has 1 atom stereocenters. The van der Waals surface area contributed by atoms with E-state index < -0.39 is 5.97 Å². The normalized spacial score (nSPS) is 11.9. The van der Waals surface area contributed by atoms with Gasteiger partial charge in [0.15, 0.2) is 0 Å². The van der Waals surface area contributed by atoms with Gasteiger partial charge >= 0.3 is 5.97 Å². The number of carboxylic acids is 1. The lowest BCUT2D eigenvalue weighted by molar-refractivity contribution is 0.0696.